The molecule has 2 fully saturated rings. The molecule has 0 spiro atoms. The van der Waals surface area contributed by atoms with Gasteiger partial charge in [0.2, 0.25) is 0 Å². The summed E-state index contributed by atoms with van der Waals surface area (Å²) in [5.41, 5.74) is 0.192. The van der Waals surface area contributed by atoms with Crippen molar-refractivity contribution in [2.75, 3.05) is 13.7 Å². The lowest BCUT2D eigenvalue weighted by atomic mass is 9.79. The van der Waals surface area contributed by atoms with Crippen molar-refractivity contribution in [2.45, 2.75) is 81.9 Å². The van der Waals surface area contributed by atoms with E-state index in [1.807, 2.05) is 67.6 Å². The normalized spacial score (nSPS) is 32.6. The van der Waals surface area contributed by atoms with E-state index in [1.165, 1.54) is 7.11 Å². The van der Waals surface area contributed by atoms with Gasteiger partial charge in [0.25, 0.3) is 0 Å². The first-order valence-electron chi connectivity index (χ1n) is 12.2. The molecule has 0 aromatic heterocycles. The Morgan fingerprint density at radius 2 is 1.63 bits per heavy atom. The standard InChI is InChI=1S/C28H36O7/c1-27(30)16-23-22(34-24(27)15-26(29)31-3)14-25(33-18-21-12-8-5-9-13-21)28(2,35-23)19-32-17-20-10-6-4-7-11-20/h4-13,22-25,30H,14-19H2,1-3H3/t22-,23+,24+,25+,27-,28-/m0/s1. The van der Waals surface area contributed by atoms with E-state index in [4.69, 9.17) is 23.7 Å². The summed E-state index contributed by atoms with van der Waals surface area (Å²) < 4.78 is 30.1. The highest BCUT2D eigenvalue weighted by Crippen LogP contribution is 2.42. The highest BCUT2D eigenvalue weighted by molar-refractivity contribution is 5.70. The third-order valence-electron chi connectivity index (χ3n) is 6.98. The molecule has 2 aliphatic rings. The maximum atomic E-state index is 11.9. The van der Waals surface area contributed by atoms with Crippen LogP contribution in [0.5, 0.6) is 0 Å². The van der Waals surface area contributed by atoms with Crippen molar-refractivity contribution in [1.82, 2.24) is 0 Å². The first-order valence-corrected chi connectivity index (χ1v) is 12.2. The van der Waals surface area contributed by atoms with Crippen molar-refractivity contribution in [3.63, 3.8) is 0 Å². The van der Waals surface area contributed by atoms with Gasteiger partial charge in [-0.15, -0.1) is 0 Å². The summed E-state index contributed by atoms with van der Waals surface area (Å²) in [6.07, 6.45) is -0.738. The minimum Gasteiger partial charge on any atom is -0.469 e. The Balaban J connectivity index is 1.48. The lowest BCUT2D eigenvalue weighted by molar-refractivity contribution is -0.305. The molecular weight excluding hydrogens is 448 g/mol. The molecule has 6 atom stereocenters. The fourth-order valence-electron chi connectivity index (χ4n) is 4.91. The Kier molecular flexibility index (Phi) is 8.24. The van der Waals surface area contributed by atoms with Gasteiger partial charge in [-0.1, -0.05) is 60.7 Å². The van der Waals surface area contributed by atoms with Gasteiger partial charge in [-0.2, -0.15) is 0 Å². The average Bonchev–Trinajstić information content (AvgIpc) is 2.84. The molecule has 7 nitrogen and oxygen atoms in total. The van der Waals surface area contributed by atoms with Crippen molar-refractivity contribution in [2.24, 2.45) is 0 Å². The molecule has 7 heteroatoms. The van der Waals surface area contributed by atoms with E-state index in [0.717, 1.165) is 11.1 Å². The summed E-state index contributed by atoms with van der Waals surface area (Å²) in [7, 11) is 1.33. The molecule has 0 saturated carbocycles. The lowest BCUT2D eigenvalue weighted by Crippen LogP contribution is -2.64. The zero-order chi connectivity index (χ0) is 24.9. The Hall–Kier alpha value is -2.29. The minimum atomic E-state index is -1.22. The fourth-order valence-corrected chi connectivity index (χ4v) is 4.91. The van der Waals surface area contributed by atoms with E-state index >= 15 is 0 Å². The van der Waals surface area contributed by atoms with Crippen LogP contribution < -0.4 is 0 Å². The van der Waals surface area contributed by atoms with Gasteiger partial charge in [0.1, 0.15) is 5.60 Å². The molecule has 2 aliphatic heterocycles. The molecule has 0 bridgehead atoms. The van der Waals surface area contributed by atoms with Crippen LogP contribution in [0.2, 0.25) is 0 Å². The molecule has 0 amide bonds. The number of hydrogen-bond acceptors (Lipinski definition) is 7. The van der Waals surface area contributed by atoms with Crippen LogP contribution in [0.1, 0.15) is 44.2 Å². The maximum absolute atomic E-state index is 11.9. The summed E-state index contributed by atoms with van der Waals surface area (Å²) in [6, 6.07) is 20.0. The van der Waals surface area contributed by atoms with E-state index in [0.29, 0.717) is 32.7 Å². The Bertz CT molecular complexity index is 948. The largest absolute Gasteiger partial charge is 0.469 e. The number of methoxy groups -OCH3 is 1. The number of rotatable bonds is 9. The smallest absolute Gasteiger partial charge is 0.308 e. The number of fused-ring (bicyclic) bond motifs is 1. The summed E-state index contributed by atoms with van der Waals surface area (Å²) in [5, 5.41) is 11.1. The van der Waals surface area contributed by atoms with Crippen molar-refractivity contribution < 1.29 is 33.6 Å². The molecule has 0 aliphatic carbocycles. The van der Waals surface area contributed by atoms with Crippen LogP contribution in [0.25, 0.3) is 0 Å². The van der Waals surface area contributed by atoms with Gasteiger partial charge in [-0.05, 0) is 25.0 Å². The molecule has 2 saturated heterocycles. The van der Waals surface area contributed by atoms with Gasteiger partial charge in [0.05, 0.1) is 63.4 Å². The van der Waals surface area contributed by atoms with Crippen molar-refractivity contribution in [3.8, 4) is 0 Å². The predicted octanol–water partition coefficient (Wildman–Crippen LogP) is 3.81. The van der Waals surface area contributed by atoms with Gasteiger partial charge >= 0.3 is 5.97 Å². The predicted molar refractivity (Wildman–Crippen MR) is 130 cm³/mol. The fraction of sp³-hybridized carbons (Fsp3) is 0.536. The van der Waals surface area contributed by atoms with E-state index in [9.17, 15) is 9.90 Å². The summed E-state index contributed by atoms with van der Waals surface area (Å²) in [5.74, 6) is -0.415. The molecule has 2 heterocycles. The second-order valence-corrected chi connectivity index (χ2v) is 9.97. The Labute approximate surface area is 207 Å². The van der Waals surface area contributed by atoms with E-state index in [2.05, 4.69) is 0 Å². The molecule has 2 aromatic carbocycles. The Morgan fingerprint density at radius 3 is 2.26 bits per heavy atom. The SMILES string of the molecule is COC(=O)C[C@H]1O[C@H]2C[C@@H](OCc3ccccc3)[C@](C)(COCc3ccccc3)O[C@@H]2C[C@]1(C)O. The second kappa shape index (κ2) is 11.2. The number of hydrogen-bond donors (Lipinski definition) is 1. The number of ether oxygens (including phenoxy) is 5. The van der Waals surface area contributed by atoms with Crippen LogP contribution in [0.3, 0.4) is 0 Å². The third-order valence-corrected chi connectivity index (χ3v) is 6.98. The molecule has 35 heavy (non-hydrogen) atoms. The number of aliphatic hydroxyl groups is 1. The van der Waals surface area contributed by atoms with Crippen LogP contribution in [0.4, 0.5) is 0 Å². The highest BCUT2D eigenvalue weighted by atomic mass is 16.6. The van der Waals surface area contributed by atoms with Gasteiger partial charge in [0.15, 0.2) is 0 Å². The molecule has 0 radical (unpaired) electrons. The quantitative estimate of drug-likeness (QED) is 0.542. The van der Waals surface area contributed by atoms with Gasteiger partial charge in [-0.25, -0.2) is 0 Å². The van der Waals surface area contributed by atoms with Crippen LogP contribution in [-0.4, -0.2) is 60.4 Å². The van der Waals surface area contributed by atoms with E-state index in [1.54, 1.807) is 6.92 Å². The van der Waals surface area contributed by atoms with Crippen LogP contribution >= 0.6 is 0 Å². The maximum Gasteiger partial charge on any atom is 0.308 e. The first kappa shape index (κ1) is 25.8. The summed E-state index contributed by atoms with van der Waals surface area (Å²) in [6.45, 7) is 4.91. The van der Waals surface area contributed by atoms with Crippen LogP contribution in [-0.2, 0) is 41.7 Å². The number of carbonyl (C=O) groups excluding carboxylic acids is 1. The Morgan fingerprint density at radius 1 is 1.00 bits per heavy atom. The van der Waals surface area contributed by atoms with Crippen molar-refractivity contribution >= 4 is 5.97 Å². The van der Waals surface area contributed by atoms with Crippen LogP contribution in [0, 0.1) is 0 Å². The molecule has 2 aromatic rings. The minimum absolute atomic E-state index is 0.0142. The average molecular weight is 485 g/mol. The summed E-state index contributed by atoms with van der Waals surface area (Å²) in [4.78, 5) is 11.9. The van der Waals surface area contributed by atoms with Gasteiger partial charge in [0, 0.05) is 12.8 Å². The monoisotopic (exact) mass is 484 g/mol. The van der Waals surface area contributed by atoms with Crippen LogP contribution in [0.15, 0.2) is 60.7 Å². The first-order chi connectivity index (χ1) is 16.8. The highest BCUT2D eigenvalue weighted by Gasteiger charge is 2.54. The molecule has 1 N–H and O–H groups in total. The topological polar surface area (TPSA) is 83.5 Å². The van der Waals surface area contributed by atoms with Gasteiger partial charge < -0.3 is 28.8 Å². The van der Waals surface area contributed by atoms with Crippen molar-refractivity contribution in [3.05, 3.63) is 71.8 Å². The molecular formula is C28H36O7. The van der Waals surface area contributed by atoms with Crippen molar-refractivity contribution in [1.29, 1.82) is 0 Å². The zero-order valence-corrected chi connectivity index (χ0v) is 20.7. The zero-order valence-electron chi connectivity index (χ0n) is 20.7. The molecule has 4 rings (SSSR count). The second-order valence-electron chi connectivity index (χ2n) is 9.97. The third kappa shape index (κ3) is 6.48. The van der Waals surface area contributed by atoms with E-state index < -0.39 is 23.3 Å². The lowest BCUT2D eigenvalue weighted by Gasteiger charge is -2.53. The summed E-state index contributed by atoms with van der Waals surface area (Å²) >= 11 is 0. The number of esters is 1. The molecule has 190 valence electrons. The van der Waals surface area contributed by atoms with Gasteiger partial charge in [-0.3, -0.25) is 4.79 Å². The number of carbonyl (C=O) groups is 1. The molecule has 0 unspecified atom stereocenters. The number of benzene rings is 2. The van der Waals surface area contributed by atoms with E-state index in [-0.39, 0.29) is 24.7 Å².